The van der Waals surface area contributed by atoms with Crippen LogP contribution in [0.15, 0.2) is 18.2 Å². The summed E-state index contributed by atoms with van der Waals surface area (Å²) in [6, 6.07) is 4.12. The molecule has 1 nitrogen and oxygen atoms in total. The normalized spacial score (nSPS) is 28.6. The molecule has 1 aromatic carbocycles. The zero-order valence-electron chi connectivity index (χ0n) is 9.68. The predicted octanol–water partition coefficient (Wildman–Crippen LogP) is 3.70. The van der Waals surface area contributed by atoms with Crippen LogP contribution >= 0.6 is 15.9 Å². The Hall–Kier alpha value is -0.480. The Balaban J connectivity index is 2.21. The summed E-state index contributed by atoms with van der Waals surface area (Å²) in [7, 11) is 0. The molecule has 1 aliphatic rings. The molecule has 17 heavy (non-hydrogen) atoms. The van der Waals surface area contributed by atoms with Crippen molar-refractivity contribution in [3.63, 3.8) is 0 Å². The molecule has 94 valence electrons. The monoisotopic (exact) mass is 304 g/mol. The first-order valence-corrected chi connectivity index (χ1v) is 6.81. The first-order valence-electron chi connectivity index (χ1n) is 5.69. The summed E-state index contributed by atoms with van der Waals surface area (Å²) in [6.45, 7) is 2.77. The third-order valence-electron chi connectivity index (χ3n) is 3.64. The van der Waals surface area contributed by atoms with Gasteiger partial charge in [-0.05, 0) is 37.5 Å². The molecule has 0 aromatic heterocycles. The SMILES string of the molecule is CC1OCCC1(CBr)Cc1ccc(F)c(F)c1. The molecule has 0 saturated carbocycles. The summed E-state index contributed by atoms with van der Waals surface area (Å²) in [5.74, 6) is -1.57. The van der Waals surface area contributed by atoms with E-state index in [1.165, 1.54) is 12.1 Å². The van der Waals surface area contributed by atoms with E-state index in [1.807, 2.05) is 6.92 Å². The molecular formula is C13H15BrF2O. The molecule has 1 saturated heterocycles. The molecule has 1 aromatic rings. The Morgan fingerprint density at radius 2 is 2.18 bits per heavy atom. The smallest absolute Gasteiger partial charge is 0.159 e. The van der Waals surface area contributed by atoms with Gasteiger partial charge in [0.25, 0.3) is 0 Å². The third kappa shape index (κ3) is 2.52. The number of alkyl halides is 1. The van der Waals surface area contributed by atoms with Gasteiger partial charge in [-0.25, -0.2) is 8.78 Å². The molecule has 2 unspecified atom stereocenters. The van der Waals surface area contributed by atoms with Crippen LogP contribution in [-0.4, -0.2) is 18.0 Å². The van der Waals surface area contributed by atoms with E-state index in [2.05, 4.69) is 15.9 Å². The van der Waals surface area contributed by atoms with Gasteiger partial charge in [0, 0.05) is 17.4 Å². The topological polar surface area (TPSA) is 9.23 Å². The van der Waals surface area contributed by atoms with Crippen molar-refractivity contribution in [1.82, 2.24) is 0 Å². The maximum absolute atomic E-state index is 13.2. The molecular weight excluding hydrogens is 290 g/mol. The molecule has 1 aliphatic heterocycles. The molecule has 0 aliphatic carbocycles. The first-order chi connectivity index (χ1) is 8.07. The van der Waals surface area contributed by atoms with Crippen LogP contribution in [-0.2, 0) is 11.2 Å². The number of hydrogen-bond acceptors (Lipinski definition) is 1. The molecule has 0 amide bonds. The lowest BCUT2D eigenvalue weighted by atomic mass is 9.78. The Bertz CT molecular complexity index is 410. The minimum Gasteiger partial charge on any atom is -0.378 e. The van der Waals surface area contributed by atoms with E-state index in [9.17, 15) is 8.78 Å². The Morgan fingerprint density at radius 3 is 2.71 bits per heavy atom. The van der Waals surface area contributed by atoms with E-state index in [0.29, 0.717) is 6.42 Å². The van der Waals surface area contributed by atoms with Crippen LogP contribution in [0.25, 0.3) is 0 Å². The largest absolute Gasteiger partial charge is 0.378 e. The van der Waals surface area contributed by atoms with Gasteiger partial charge in [-0.1, -0.05) is 22.0 Å². The third-order valence-corrected chi connectivity index (χ3v) is 4.75. The summed E-state index contributed by atoms with van der Waals surface area (Å²) < 4.78 is 31.6. The van der Waals surface area contributed by atoms with Crippen molar-refractivity contribution < 1.29 is 13.5 Å². The number of benzene rings is 1. The highest BCUT2D eigenvalue weighted by Gasteiger charge is 2.40. The zero-order chi connectivity index (χ0) is 12.5. The molecule has 2 rings (SSSR count). The lowest BCUT2D eigenvalue weighted by molar-refractivity contribution is 0.0746. The van der Waals surface area contributed by atoms with Crippen LogP contribution in [0.2, 0.25) is 0 Å². The van der Waals surface area contributed by atoms with Crippen LogP contribution < -0.4 is 0 Å². The quantitative estimate of drug-likeness (QED) is 0.774. The minimum atomic E-state index is -0.794. The van der Waals surface area contributed by atoms with Crippen LogP contribution in [0.4, 0.5) is 8.78 Å². The van der Waals surface area contributed by atoms with Crippen molar-refractivity contribution in [3.8, 4) is 0 Å². The molecule has 0 spiro atoms. The average Bonchev–Trinajstić information content (AvgIpc) is 2.66. The highest BCUT2D eigenvalue weighted by atomic mass is 79.9. The lowest BCUT2D eigenvalue weighted by Crippen LogP contribution is -2.33. The Morgan fingerprint density at radius 1 is 1.41 bits per heavy atom. The van der Waals surface area contributed by atoms with E-state index < -0.39 is 11.6 Å². The van der Waals surface area contributed by atoms with E-state index >= 15 is 0 Å². The van der Waals surface area contributed by atoms with Gasteiger partial charge >= 0.3 is 0 Å². The van der Waals surface area contributed by atoms with Crippen LogP contribution in [0.5, 0.6) is 0 Å². The molecule has 0 radical (unpaired) electrons. The van der Waals surface area contributed by atoms with Gasteiger partial charge in [-0.3, -0.25) is 0 Å². The Kier molecular flexibility index (Phi) is 3.83. The molecule has 4 heteroatoms. The second-order valence-corrected chi connectivity index (χ2v) is 5.24. The predicted molar refractivity (Wildman–Crippen MR) is 66.3 cm³/mol. The number of hydrogen-bond donors (Lipinski definition) is 0. The first kappa shape index (κ1) is 13.0. The summed E-state index contributed by atoms with van der Waals surface area (Å²) in [5, 5.41) is 0.806. The summed E-state index contributed by atoms with van der Waals surface area (Å²) in [6.07, 6.45) is 1.78. The van der Waals surface area contributed by atoms with Gasteiger partial charge in [0.15, 0.2) is 11.6 Å². The van der Waals surface area contributed by atoms with Crippen molar-refractivity contribution in [1.29, 1.82) is 0 Å². The van der Waals surface area contributed by atoms with Gasteiger partial charge in [0.1, 0.15) is 0 Å². The fourth-order valence-electron chi connectivity index (χ4n) is 2.33. The van der Waals surface area contributed by atoms with Crippen LogP contribution in [0, 0.1) is 17.0 Å². The van der Waals surface area contributed by atoms with Crippen molar-refractivity contribution >= 4 is 15.9 Å². The second kappa shape index (κ2) is 5.02. The molecule has 0 N–H and O–H groups in total. The van der Waals surface area contributed by atoms with Gasteiger partial charge < -0.3 is 4.74 Å². The van der Waals surface area contributed by atoms with Crippen LogP contribution in [0.1, 0.15) is 18.9 Å². The van der Waals surface area contributed by atoms with Gasteiger partial charge in [0.05, 0.1) is 6.10 Å². The van der Waals surface area contributed by atoms with Gasteiger partial charge in [-0.2, -0.15) is 0 Å². The molecule has 2 atom stereocenters. The van der Waals surface area contributed by atoms with Crippen molar-refractivity contribution in [2.45, 2.75) is 25.9 Å². The van der Waals surface area contributed by atoms with Crippen molar-refractivity contribution in [3.05, 3.63) is 35.4 Å². The van der Waals surface area contributed by atoms with Crippen molar-refractivity contribution in [2.24, 2.45) is 5.41 Å². The minimum absolute atomic E-state index is 0.00965. The highest BCUT2D eigenvalue weighted by Crippen LogP contribution is 2.39. The zero-order valence-corrected chi connectivity index (χ0v) is 11.3. The van der Waals surface area contributed by atoms with E-state index in [0.717, 1.165) is 23.9 Å². The maximum atomic E-state index is 13.2. The van der Waals surface area contributed by atoms with E-state index in [1.54, 1.807) is 6.07 Å². The molecule has 1 fully saturated rings. The van der Waals surface area contributed by atoms with E-state index in [4.69, 9.17) is 4.74 Å². The van der Waals surface area contributed by atoms with E-state index in [-0.39, 0.29) is 11.5 Å². The Labute approximate surface area is 108 Å². The lowest BCUT2D eigenvalue weighted by Gasteiger charge is -2.30. The van der Waals surface area contributed by atoms with Crippen LogP contribution in [0.3, 0.4) is 0 Å². The highest BCUT2D eigenvalue weighted by molar-refractivity contribution is 9.09. The van der Waals surface area contributed by atoms with Gasteiger partial charge in [-0.15, -0.1) is 0 Å². The second-order valence-electron chi connectivity index (χ2n) is 4.68. The fraction of sp³-hybridized carbons (Fsp3) is 0.538. The summed E-state index contributed by atoms with van der Waals surface area (Å²) in [4.78, 5) is 0. The van der Waals surface area contributed by atoms with Crippen molar-refractivity contribution in [2.75, 3.05) is 11.9 Å². The van der Waals surface area contributed by atoms with Gasteiger partial charge in [0.2, 0.25) is 0 Å². The number of ether oxygens (including phenoxy) is 1. The fourth-order valence-corrected chi connectivity index (χ4v) is 3.26. The standard InChI is InChI=1S/C13H15BrF2O/c1-9-13(8-14,4-5-17-9)7-10-2-3-11(15)12(16)6-10/h2-3,6,9H,4-5,7-8H2,1H3. The summed E-state index contributed by atoms with van der Waals surface area (Å²) in [5.41, 5.74) is 0.810. The maximum Gasteiger partial charge on any atom is 0.159 e. The number of halogens is 3. The number of rotatable bonds is 3. The molecule has 1 heterocycles. The molecule has 0 bridgehead atoms. The summed E-state index contributed by atoms with van der Waals surface area (Å²) >= 11 is 3.52. The average molecular weight is 305 g/mol.